The minimum Gasteiger partial charge on any atom is -0.462 e. The van der Waals surface area contributed by atoms with E-state index in [1.54, 1.807) is 0 Å². The van der Waals surface area contributed by atoms with Crippen LogP contribution >= 0.6 is 0 Å². The lowest BCUT2D eigenvalue weighted by molar-refractivity contribution is -0.167. The highest BCUT2D eigenvalue weighted by molar-refractivity contribution is 5.71. The van der Waals surface area contributed by atoms with Crippen molar-refractivity contribution in [3.63, 3.8) is 0 Å². The molecule has 6 nitrogen and oxygen atoms in total. The second-order valence-electron chi connectivity index (χ2n) is 19.8. The van der Waals surface area contributed by atoms with Crippen molar-refractivity contribution in [3.05, 3.63) is 0 Å². The molecule has 0 aliphatic rings. The Kier molecular flexibility index (Phi) is 46.6. The molecule has 1 atom stereocenters. The summed E-state index contributed by atoms with van der Waals surface area (Å²) >= 11 is 0. The third kappa shape index (κ3) is 49.3. The van der Waals surface area contributed by atoms with Gasteiger partial charge in [0.1, 0.15) is 13.2 Å². The van der Waals surface area contributed by atoms with Crippen molar-refractivity contribution >= 4 is 17.9 Å². The van der Waals surface area contributed by atoms with E-state index < -0.39 is 6.10 Å². The van der Waals surface area contributed by atoms with Gasteiger partial charge in [0.15, 0.2) is 6.10 Å². The molecule has 0 bridgehead atoms. The van der Waals surface area contributed by atoms with Crippen molar-refractivity contribution < 1.29 is 28.6 Å². The lowest BCUT2D eigenvalue weighted by Crippen LogP contribution is -2.30. The highest BCUT2D eigenvalue weighted by Gasteiger charge is 2.19. The van der Waals surface area contributed by atoms with Crippen molar-refractivity contribution in [3.8, 4) is 0 Å². The summed E-state index contributed by atoms with van der Waals surface area (Å²) in [6.45, 7) is 11.3. The van der Waals surface area contributed by atoms with Gasteiger partial charge in [0.2, 0.25) is 0 Å². The van der Waals surface area contributed by atoms with Crippen molar-refractivity contribution in [2.24, 2.45) is 11.8 Å². The van der Waals surface area contributed by atoms with E-state index in [4.69, 9.17) is 14.2 Å². The van der Waals surface area contributed by atoms with Crippen molar-refractivity contribution in [1.82, 2.24) is 0 Å². The van der Waals surface area contributed by atoms with Gasteiger partial charge in [-0.15, -0.1) is 0 Å². The van der Waals surface area contributed by atoms with E-state index >= 15 is 0 Å². The average Bonchev–Trinajstić information content (AvgIpc) is 3.23. The molecule has 0 rings (SSSR count). The summed E-state index contributed by atoms with van der Waals surface area (Å²) in [5, 5.41) is 0. The molecule has 0 saturated carbocycles. The quantitative estimate of drug-likeness (QED) is 0.0344. The lowest BCUT2D eigenvalue weighted by Gasteiger charge is -2.18. The second-order valence-corrected chi connectivity index (χ2v) is 19.8. The van der Waals surface area contributed by atoms with Crippen LogP contribution in [0.15, 0.2) is 0 Å². The molecule has 362 valence electrons. The summed E-state index contributed by atoms with van der Waals surface area (Å²) < 4.78 is 16.8. The Hall–Kier alpha value is -1.59. The standard InChI is InChI=1S/C55H106O6/c1-6-7-8-9-10-11-12-19-24-27-30-37-42-47-55(58)61-52(49-60-54(57)46-41-36-32-31-34-39-44-51(4)5)48-59-53(56)45-40-35-29-26-23-21-18-16-14-13-15-17-20-22-25-28-33-38-43-50(2)3/h50-52H,6-49H2,1-5H3/t52-/m1/s1. The minimum atomic E-state index is -0.762. The third-order valence-electron chi connectivity index (χ3n) is 12.5. The normalized spacial score (nSPS) is 12.0. The number of carbonyl (C=O) groups is 3. The Morgan fingerprint density at radius 3 is 0.803 bits per heavy atom. The smallest absolute Gasteiger partial charge is 0.306 e. The topological polar surface area (TPSA) is 78.9 Å². The highest BCUT2D eigenvalue weighted by Crippen LogP contribution is 2.18. The fourth-order valence-electron chi connectivity index (χ4n) is 8.34. The maximum Gasteiger partial charge on any atom is 0.306 e. The summed E-state index contributed by atoms with van der Waals surface area (Å²) in [5.74, 6) is 0.773. The first kappa shape index (κ1) is 59.4. The molecular formula is C55H106O6. The Morgan fingerprint density at radius 1 is 0.311 bits per heavy atom. The summed E-state index contributed by atoms with van der Waals surface area (Å²) in [7, 11) is 0. The zero-order valence-corrected chi connectivity index (χ0v) is 41.8. The molecule has 0 heterocycles. The number of unbranched alkanes of at least 4 members (excludes halogenated alkanes) is 34. The molecule has 0 N–H and O–H groups in total. The van der Waals surface area contributed by atoms with Gasteiger partial charge >= 0.3 is 17.9 Å². The first-order valence-electron chi connectivity index (χ1n) is 27.2. The predicted molar refractivity (Wildman–Crippen MR) is 261 cm³/mol. The van der Waals surface area contributed by atoms with Gasteiger partial charge in [0, 0.05) is 19.3 Å². The molecule has 0 aromatic rings. The Labute approximate surface area is 380 Å². The van der Waals surface area contributed by atoms with Gasteiger partial charge in [-0.3, -0.25) is 14.4 Å². The van der Waals surface area contributed by atoms with E-state index in [1.807, 2.05) is 0 Å². The Morgan fingerprint density at radius 2 is 0.541 bits per heavy atom. The first-order chi connectivity index (χ1) is 29.7. The molecule has 0 aromatic heterocycles. The number of hydrogen-bond donors (Lipinski definition) is 0. The zero-order chi connectivity index (χ0) is 44.7. The summed E-state index contributed by atoms with van der Waals surface area (Å²) in [6, 6.07) is 0. The highest BCUT2D eigenvalue weighted by atomic mass is 16.6. The SMILES string of the molecule is CCCCCCCCCCCCCCCC(=O)O[C@H](COC(=O)CCCCCCCCCCCCCCCCCCCCC(C)C)COC(=O)CCCCCCCCC(C)C. The largest absolute Gasteiger partial charge is 0.462 e. The number of rotatable bonds is 49. The molecule has 0 fully saturated rings. The van der Waals surface area contributed by atoms with Gasteiger partial charge in [-0.25, -0.2) is 0 Å². The molecule has 0 aliphatic carbocycles. The van der Waals surface area contributed by atoms with Gasteiger partial charge in [-0.2, -0.15) is 0 Å². The molecular weight excluding hydrogens is 757 g/mol. The maximum atomic E-state index is 12.8. The predicted octanol–water partition coefficient (Wildman–Crippen LogP) is 17.7. The van der Waals surface area contributed by atoms with Crippen LogP contribution in [0.1, 0.15) is 304 Å². The van der Waals surface area contributed by atoms with Crippen LogP contribution in [-0.4, -0.2) is 37.2 Å². The minimum absolute atomic E-state index is 0.0640. The Bertz CT molecular complexity index is 931. The molecule has 61 heavy (non-hydrogen) atoms. The molecule has 0 aromatic carbocycles. The van der Waals surface area contributed by atoms with Crippen LogP contribution in [0.25, 0.3) is 0 Å². The van der Waals surface area contributed by atoms with Gasteiger partial charge in [-0.1, -0.05) is 266 Å². The lowest BCUT2D eigenvalue weighted by atomic mass is 10.0. The first-order valence-corrected chi connectivity index (χ1v) is 27.2. The van der Waals surface area contributed by atoms with E-state index in [0.29, 0.717) is 19.3 Å². The molecule has 0 radical (unpaired) electrons. The monoisotopic (exact) mass is 863 g/mol. The number of hydrogen-bond acceptors (Lipinski definition) is 6. The van der Waals surface area contributed by atoms with Crippen LogP contribution in [0.5, 0.6) is 0 Å². The third-order valence-corrected chi connectivity index (χ3v) is 12.5. The van der Waals surface area contributed by atoms with Crippen molar-refractivity contribution in [2.45, 2.75) is 310 Å². The summed E-state index contributed by atoms with van der Waals surface area (Å²) in [5.41, 5.74) is 0. The molecule has 0 unspecified atom stereocenters. The van der Waals surface area contributed by atoms with E-state index in [1.165, 1.54) is 193 Å². The second kappa shape index (κ2) is 47.9. The van der Waals surface area contributed by atoms with Gasteiger partial charge in [0.25, 0.3) is 0 Å². The van der Waals surface area contributed by atoms with Crippen LogP contribution < -0.4 is 0 Å². The van der Waals surface area contributed by atoms with Crippen LogP contribution in [0.3, 0.4) is 0 Å². The average molecular weight is 863 g/mol. The van der Waals surface area contributed by atoms with E-state index in [2.05, 4.69) is 34.6 Å². The van der Waals surface area contributed by atoms with Crippen molar-refractivity contribution in [1.29, 1.82) is 0 Å². The molecule has 0 spiro atoms. The summed E-state index contributed by atoms with van der Waals surface area (Å²) in [4.78, 5) is 37.9. The molecule has 0 saturated heterocycles. The van der Waals surface area contributed by atoms with E-state index in [-0.39, 0.29) is 31.1 Å². The Balaban J connectivity index is 4.18. The van der Waals surface area contributed by atoms with Gasteiger partial charge in [-0.05, 0) is 31.1 Å². The van der Waals surface area contributed by atoms with E-state index in [0.717, 1.165) is 69.6 Å². The molecule has 0 aliphatic heterocycles. The fourth-order valence-corrected chi connectivity index (χ4v) is 8.34. The van der Waals surface area contributed by atoms with Crippen LogP contribution in [0, 0.1) is 11.8 Å². The van der Waals surface area contributed by atoms with E-state index in [9.17, 15) is 14.4 Å². The van der Waals surface area contributed by atoms with Gasteiger partial charge in [0.05, 0.1) is 0 Å². The summed E-state index contributed by atoms with van der Waals surface area (Å²) in [6.07, 6.45) is 49.7. The number of ether oxygens (including phenoxy) is 3. The molecule has 0 amide bonds. The van der Waals surface area contributed by atoms with Gasteiger partial charge < -0.3 is 14.2 Å². The van der Waals surface area contributed by atoms with Crippen LogP contribution in [0.2, 0.25) is 0 Å². The fraction of sp³-hybridized carbons (Fsp3) is 0.945. The van der Waals surface area contributed by atoms with Crippen LogP contribution in [0.4, 0.5) is 0 Å². The van der Waals surface area contributed by atoms with Crippen molar-refractivity contribution in [2.75, 3.05) is 13.2 Å². The molecule has 6 heteroatoms. The zero-order valence-electron chi connectivity index (χ0n) is 41.8. The number of esters is 3. The number of carbonyl (C=O) groups excluding carboxylic acids is 3. The van der Waals surface area contributed by atoms with Crippen LogP contribution in [-0.2, 0) is 28.6 Å². The maximum absolute atomic E-state index is 12.8.